The summed E-state index contributed by atoms with van der Waals surface area (Å²) in [5.74, 6) is 0.481. The molecule has 1 rings (SSSR count). The van der Waals surface area contributed by atoms with Crippen molar-refractivity contribution in [3.8, 4) is 0 Å². The Hall–Kier alpha value is -0.900. The molecule has 0 spiro atoms. The van der Waals surface area contributed by atoms with Crippen molar-refractivity contribution in [3.63, 3.8) is 0 Å². The standard InChI is InChI=1S/C6H11N3O/c1-5(7)9-3-2-8-6(9)4-10/h4-5H,2-3,7H2,1H3. The van der Waals surface area contributed by atoms with Crippen LogP contribution in [-0.4, -0.2) is 36.3 Å². The fourth-order valence-corrected chi connectivity index (χ4v) is 0.995. The van der Waals surface area contributed by atoms with Crippen molar-refractivity contribution in [3.05, 3.63) is 0 Å². The number of carbonyl (C=O) groups excluding carboxylic acids is 1. The summed E-state index contributed by atoms with van der Waals surface area (Å²) in [7, 11) is 0. The van der Waals surface area contributed by atoms with Crippen molar-refractivity contribution in [2.75, 3.05) is 13.1 Å². The van der Waals surface area contributed by atoms with Gasteiger partial charge in [-0.2, -0.15) is 0 Å². The molecule has 0 aliphatic carbocycles. The molecule has 0 aromatic heterocycles. The Morgan fingerprint density at radius 3 is 3.00 bits per heavy atom. The largest absolute Gasteiger partial charge is 0.337 e. The fraction of sp³-hybridized carbons (Fsp3) is 0.667. The monoisotopic (exact) mass is 141 g/mol. The van der Waals surface area contributed by atoms with E-state index in [-0.39, 0.29) is 6.17 Å². The van der Waals surface area contributed by atoms with Crippen LogP contribution in [0.15, 0.2) is 4.99 Å². The number of aldehydes is 1. The van der Waals surface area contributed by atoms with E-state index in [2.05, 4.69) is 4.99 Å². The number of nitrogens with two attached hydrogens (primary N) is 1. The van der Waals surface area contributed by atoms with E-state index in [4.69, 9.17) is 5.73 Å². The van der Waals surface area contributed by atoms with E-state index in [9.17, 15) is 4.79 Å². The zero-order valence-electron chi connectivity index (χ0n) is 5.95. The highest BCUT2D eigenvalue weighted by Gasteiger charge is 2.18. The van der Waals surface area contributed by atoms with Gasteiger partial charge in [0.1, 0.15) is 0 Å². The minimum Gasteiger partial charge on any atom is -0.337 e. The van der Waals surface area contributed by atoms with Gasteiger partial charge in [0.15, 0.2) is 12.1 Å². The molecule has 10 heavy (non-hydrogen) atoms. The first-order valence-electron chi connectivity index (χ1n) is 3.27. The van der Waals surface area contributed by atoms with Crippen LogP contribution in [0.4, 0.5) is 0 Å². The first-order chi connectivity index (χ1) is 4.75. The van der Waals surface area contributed by atoms with Crippen LogP contribution < -0.4 is 5.73 Å². The number of hydrogen-bond acceptors (Lipinski definition) is 4. The van der Waals surface area contributed by atoms with Gasteiger partial charge in [-0.1, -0.05) is 0 Å². The Balaban J connectivity index is 2.62. The van der Waals surface area contributed by atoms with Gasteiger partial charge in [-0.15, -0.1) is 0 Å². The summed E-state index contributed by atoms with van der Waals surface area (Å²) in [4.78, 5) is 16.0. The van der Waals surface area contributed by atoms with Crippen LogP contribution in [0.2, 0.25) is 0 Å². The number of carbonyl (C=O) groups is 1. The molecule has 0 amide bonds. The van der Waals surface area contributed by atoms with Crippen LogP contribution in [0, 0.1) is 0 Å². The van der Waals surface area contributed by atoms with E-state index in [0.717, 1.165) is 12.8 Å². The summed E-state index contributed by atoms with van der Waals surface area (Å²) >= 11 is 0. The highest BCUT2D eigenvalue weighted by Crippen LogP contribution is 2.01. The third-order valence-electron chi connectivity index (χ3n) is 1.51. The predicted molar refractivity (Wildman–Crippen MR) is 38.7 cm³/mol. The number of aliphatic imine (C=N–C) groups is 1. The van der Waals surface area contributed by atoms with Gasteiger partial charge in [-0.3, -0.25) is 9.79 Å². The maximum absolute atomic E-state index is 10.3. The van der Waals surface area contributed by atoms with Crippen LogP contribution >= 0.6 is 0 Å². The molecule has 1 aliphatic heterocycles. The molecular formula is C6H11N3O. The zero-order valence-corrected chi connectivity index (χ0v) is 5.95. The summed E-state index contributed by atoms with van der Waals surface area (Å²) < 4.78 is 0. The SMILES string of the molecule is CC(N)N1CCN=C1C=O. The average molecular weight is 141 g/mol. The second-order valence-corrected chi connectivity index (χ2v) is 2.29. The summed E-state index contributed by atoms with van der Waals surface area (Å²) in [6.45, 7) is 3.30. The van der Waals surface area contributed by atoms with Gasteiger partial charge in [0.25, 0.3) is 0 Å². The van der Waals surface area contributed by atoms with Crippen LogP contribution in [0.25, 0.3) is 0 Å². The van der Waals surface area contributed by atoms with Crippen LogP contribution in [0.1, 0.15) is 6.92 Å². The lowest BCUT2D eigenvalue weighted by molar-refractivity contribution is -0.103. The summed E-state index contributed by atoms with van der Waals surface area (Å²) in [6, 6.07) is 0. The zero-order chi connectivity index (χ0) is 7.56. The number of nitrogens with zero attached hydrogens (tertiary/aromatic N) is 2. The van der Waals surface area contributed by atoms with Gasteiger partial charge in [0.2, 0.25) is 0 Å². The quantitative estimate of drug-likeness (QED) is 0.512. The molecule has 0 fully saturated rings. The third-order valence-corrected chi connectivity index (χ3v) is 1.51. The second-order valence-electron chi connectivity index (χ2n) is 2.29. The normalized spacial score (nSPS) is 20.6. The summed E-state index contributed by atoms with van der Waals surface area (Å²) in [6.07, 6.45) is 0.641. The Morgan fingerprint density at radius 1 is 1.90 bits per heavy atom. The molecule has 4 heteroatoms. The van der Waals surface area contributed by atoms with Crippen LogP contribution in [0.3, 0.4) is 0 Å². The summed E-state index contributed by atoms with van der Waals surface area (Å²) in [5.41, 5.74) is 5.55. The van der Waals surface area contributed by atoms with Crippen molar-refractivity contribution in [1.29, 1.82) is 0 Å². The van der Waals surface area contributed by atoms with Crippen molar-refractivity contribution in [1.82, 2.24) is 4.90 Å². The minimum absolute atomic E-state index is 0.105. The van der Waals surface area contributed by atoms with Crippen molar-refractivity contribution in [2.45, 2.75) is 13.1 Å². The van der Waals surface area contributed by atoms with Crippen LogP contribution in [-0.2, 0) is 4.79 Å². The van der Waals surface area contributed by atoms with E-state index < -0.39 is 0 Å². The molecule has 0 aromatic carbocycles. The molecule has 0 radical (unpaired) electrons. The van der Waals surface area contributed by atoms with E-state index >= 15 is 0 Å². The minimum atomic E-state index is -0.105. The molecule has 4 nitrogen and oxygen atoms in total. The van der Waals surface area contributed by atoms with Gasteiger partial charge in [-0.05, 0) is 6.92 Å². The van der Waals surface area contributed by atoms with E-state index in [1.54, 1.807) is 4.90 Å². The lowest BCUT2D eigenvalue weighted by Gasteiger charge is -2.20. The molecule has 1 atom stereocenters. The van der Waals surface area contributed by atoms with Gasteiger partial charge in [0, 0.05) is 6.54 Å². The molecule has 0 bridgehead atoms. The Labute approximate surface area is 59.7 Å². The predicted octanol–water partition coefficient (Wildman–Crippen LogP) is -0.796. The Kier molecular flexibility index (Phi) is 2.01. The fourth-order valence-electron chi connectivity index (χ4n) is 0.995. The molecule has 1 unspecified atom stereocenters. The van der Waals surface area contributed by atoms with E-state index in [1.165, 1.54) is 0 Å². The second kappa shape index (κ2) is 2.79. The smallest absolute Gasteiger partial charge is 0.184 e. The first-order valence-corrected chi connectivity index (χ1v) is 3.27. The average Bonchev–Trinajstić information content (AvgIpc) is 2.33. The molecule has 1 heterocycles. The molecule has 2 N–H and O–H groups in total. The van der Waals surface area contributed by atoms with Gasteiger partial charge >= 0.3 is 0 Å². The number of hydrogen-bond donors (Lipinski definition) is 1. The van der Waals surface area contributed by atoms with E-state index in [0.29, 0.717) is 12.4 Å². The molecule has 56 valence electrons. The Bertz CT molecular complexity index is 164. The highest BCUT2D eigenvalue weighted by atomic mass is 16.1. The van der Waals surface area contributed by atoms with Crippen molar-refractivity contribution >= 4 is 12.1 Å². The maximum Gasteiger partial charge on any atom is 0.184 e. The molecular weight excluding hydrogens is 130 g/mol. The molecule has 0 saturated carbocycles. The number of rotatable bonds is 2. The first kappa shape index (κ1) is 7.21. The molecule has 0 aromatic rings. The van der Waals surface area contributed by atoms with E-state index in [1.807, 2.05) is 6.92 Å². The van der Waals surface area contributed by atoms with Crippen molar-refractivity contribution < 1.29 is 4.79 Å². The van der Waals surface area contributed by atoms with Crippen molar-refractivity contribution in [2.24, 2.45) is 10.7 Å². The van der Waals surface area contributed by atoms with Crippen LogP contribution in [0.5, 0.6) is 0 Å². The van der Waals surface area contributed by atoms with Gasteiger partial charge in [-0.25, -0.2) is 0 Å². The van der Waals surface area contributed by atoms with Gasteiger partial charge in [0.05, 0.1) is 12.7 Å². The highest BCUT2D eigenvalue weighted by molar-refractivity contribution is 6.27. The third kappa shape index (κ3) is 1.16. The molecule has 0 saturated heterocycles. The lowest BCUT2D eigenvalue weighted by Crippen LogP contribution is -2.42. The number of amidine groups is 1. The Morgan fingerprint density at radius 2 is 2.60 bits per heavy atom. The lowest BCUT2D eigenvalue weighted by atomic mass is 10.4. The van der Waals surface area contributed by atoms with Gasteiger partial charge < -0.3 is 10.6 Å². The topological polar surface area (TPSA) is 58.7 Å². The maximum atomic E-state index is 10.3. The summed E-state index contributed by atoms with van der Waals surface area (Å²) in [5, 5.41) is 0. The molecule has 1 aliphatic rings.